The lowest BCUT2D eigenvalue weighted by molar-refractivity contribution is -0.152. The first-order valence-corrected chi connectivity index (χ1v) is 5.37. The van der Waals surface area contributed by atoms with Gasteiger partial charge in [-0.3, -0.25) is 4.79 Å². The number of ether oxygens (including phenoxy) is 2. The van der Waals surface area contributed by atoms with E-state index in [9.17, 15) is 9.59 Å². The molecule has 1 fully saturated rings. The van der Waals surface area contributed by atoms with Gasteiger partial charge in [0.05, 0.1) is 19.8 Å². The minimum atomic E-state index is -1.02. The minimum absolute atomic E-state index is 0.185. The molecule has 1 aliphatic heterocycles. The first-order chi connectivity index (χ1) is 7.65. The number of carbonyl (C=O) groups excluding carboxylic acids is 1. The Morgan fingerprint density at radius 2 is 2.25 bits per heavy atom. The number of nitrogens with one attached hydrogen (secondary N) is 1. The Bertz CT molecular complexity index is 250. The second-order valence-electron chi connectivity index (χ2n) is 3.62. The molecule has 1 aliphatic rings. The molecule has 1 rings (SSSR count). The second-order valence-corrected chi connectivity index (χ2v) is 3.62. The molecule has 0 aromatic heterocycles. The van der Waals surface area contributed by atoms with Gasteiger partial charge >= 0.3 is 5.97 Å². The molecule has 0 bridgehead atoms. The van der Waals surface area contributed by atoms with Crippen molar-refractivity contribution < 1.29 is 24.2 Å². The fraction of sp³-hybridized carbons (Fsp3) is 0.800. The van der Waals surface area contributed by atoms with E-state index < -0.39 is 24.0 Å². The molecule has 6 nitrogen and oxygen atoms in total. The predicted molar refractivity (Wildman–Crippen MR) is 55.0 cm³/mol. The highest BCUT2D eigenvalue weighted by Crippen LogP contribution is 2.03. The van der Waals surface area contributed by atoms with E-state index in [1.54, 1.807) is 0 Å². The van der Waals surface area contributed by atoms with Crippen LogP contribution in [0.25, 0.3) is 0 Å². The van der Waals surface area contributed by atoms with Crippen molar-refractivity contribution in [2.75, 3.05) is 19.8 Å². The Labute approximate surface area is 93.9 Å². The van der Waals surface area contributed by atoms with Crippen LogP contribution >= 0.6 is 0 Å². The fourth-order valence-corrected chi connectivity index (χ4v) is 1.45. The molecule has 1 amide bonds. The van der Waals surface area contributed by atoms with Gasteiger partial charge in [0, 0.05) is 0 Å². The number of carboxylic acid groups (broad SMARTS) is 1. The number of carbonyl (C=O) groups is 2. The van der Waals surface area contributed by atoms with Crippen LogP contribution in [0.15, 0.2) is 0 Å². The molecular formula is C10H17NO5. The summed E-state index contributed by atoms with van der Waals surface area (Å²) in [4.78, 5) is 22.4. The van der Waals surface area contributed by atoms with E-state index in [0.717, 1.165) is 0 Å². The first-order valence-electron chi connectivity index (χ1n) is 5.37. The molecule has 0 saturated carbocycles. The van der Waals surface area contributed by atoms with Gasteiger partial charge in [0.15, 0.2) is 6.10 Å². The largest absolute Gasteiger partial charge is 0.480 e. The van der Waals surface area contributed by atoms with Crippen LogP contribution in [0.1, 0.15) is 19.8 Å². The van der Waals surface area contributed by atoms with Crippen LogP contribution in [0.2, 0.25) is 0 Å². The van der Waals surface area contributed by atoms with Crippen molar-refractivity contribution in [3.8, 4) is 0 Å². The maximum atomic E-state index is 11.6. The van der Waals surface area contributed by atoms with Crippen LogP contribution in [0.4, 0.5) is 0 Å². The molecule has 6 heteroatoms. The molecule has 0 aliphatic carbocycles. The fourth-order valence-electron chi connectivity index (χ4n) is 1.45. The van der Waals surface area contributed by atoms with E-state index in [1.807, 2.05) is 6.92 Å². The van der Waals surface area contributed by atoms with Gasteiger partial charge in [-0.2, -0.15) is 0 Å². The van der Waals surface area contributed by atoms with Crippen molar-refractivity contribution in [2.24, 2.45) is 0 Å². The maximum absolute atomic E-state index is 11.6. The molecule has 1 heterocycles. The Balaban J connectivity index is 2.43. The molecule has 1 unspecified atom stereocenters. The summed E-state index contributed by atoms with van der Waals surface area (Å²) < 4.78 is 10.2. The second kappa shape index (κ2) is 6.44. The van der Waals surface area contributed by atoms with Crippen LogP contribution in [0.5, 0.6) is 0 Å². The summed E-state index contributed by atoms with van der Waals surface area (Å²) in [6.45, 7) is 2.89. The molecule has 0 radical (unpaired) electrons. The van der Waals surface area contributed by atoms with Crippen LogP contribution < -0.4 is 5.32 Å². The van der Waals surface area contributed by atoms with E-state index in [2.05, 4.69) is 5.32 Å². The lowest BCUT2D eigenvalue weighted by Crippen LogP contribution is -2.49. The summed E-state index contributed by atoms with van der Waals surface area (Å²) in [7, 11) is 0. The Kier molecular flexibility index (Phi) is 5.21. The summed E-state index contributed by atoms with van der Waals surface area (Å²) in [6, 6.07) is -0.844. The van der Waals surface area contributed by atoms with E-state index >= 15 is 0 Å². The van der Waals surface area contributed by atoms with Gasteiger partial charge in [-0.15, -0.1) is 0 Å². The van der Waals surface area contributed by atoms with Crippen molar-refractivity contribution in [3.05, 3.63) is 0 Å². The molecule has 2 N–H and O–H groups in total. The Hall–Kier alpha value is -1.14. The van der Waals surface area contributed by atoms with Crippen molar-refractivity contribution in [1.29, 1.82) is 0 Å². The maximum Gasteiger partial charge on any atom is 0.326 e. The number of aliphatic carboxylic acids is 1. The average Bonchev–Trinajstić information content (AvgIpc) is 2.29. The van der Waals surface area contributed by atoms with E-state index in [1.165, 1.54) is 0 Å². The number of rotatable bonds is 5. The van der Waals surface area contributed by atoms with E-state index in [4.69, 9.17) is 14.6 Å². The molecule has 92 valence electrons. The number of hydrogen-bond donors (Lipinski definition) is 2. The highest BCUT2D eigenvalue weighted by molar-refractivity contribution is 5.86. The molecule has 1 saturated heterocycles. The van der Waals surface area contributed by atoms with Crippen molar-refractivity contribution in [2.45, 2.75) is 31.9 Å². The van der Waals surface area contributed by atoms with Crippen LogP contribution in [0.3, 0.4) is 0 Å². The van der Waals surface area contributed by atoms with Gasteiger partial charge in [0.2, 0.25) is 0 Å². The molecule has 16 heavy (non-hydrogen) atoms. The highest BCUT2D eigenvalue weighted by Gasteiger charge is 2.27. The number of amides is 1. The van der Waals surface area contributed by atoms with Crippen LogP contribution in [0, 0.1) is 0 Å². The summed E-state index contributed by atoms with van der Waals surface area (Å²) in [5, 5.41) is 11.3. The average molecular weight is 231 g/mol. The molecule has 0 spiro atoms. The minimum Gasteiger partial charge on any atom is -0.480 e. The van der Waals surface area contributed by atoms with E-state index in [0.29, 0.717) is 26.1 Å². The summed E-state index contributed by atoms with van der Waals surface area (Å²) in [5.74, 6) is -1.44. The van der Waals surface area contributed by atoms with Crippen molar-refractivity contribution >= 4 is 11.9 Å². The lowest BCUT2D eigenvalue weighted by Gasteiger charge is -2.23. The smallest absolute Gasteiger partial charge is 0.326 e. The summed E-state index contributed by atoms with van der Waals surface area (Å²) in [5.41, 5.74) is 0. The normalized spacial score (nSPS) is 22.4. The zero-order valence-electron chi connectivity index (χ0n) is 9.27. The lowest BCUT2D eigenvalue weighted by atomic mass is 10.1. The van der Waals surface area contributed by atoms with Crippen LogP contribution in [-0.2, 0) is 19.1 Å². The molecule has 2 atom stereocenters. The molecule has 0 aromatic rings. The highest BCUT2D eigenvalue weighted by atomic mass is 16.6. The van der Waals surface area contributed by atoms with Crippen molar-refractivity contribution in [3.63, 3.8) is 0 Å². The van der Waals surface area contributed by atoms with Crippen LogP contribution in [-0.4, -0.2) is 48.9 Å². The quantitative estimate of drug-likeness (QED) is 0.682. The van der Waals surface area contributed by atoms with Gasteiger partial charge in [-0.1, -0.05) is 13.3 Å². The van der Waals surface area contributed by atoms with Gasteiger partial charge in [0.1, 0.15) is 6.04 Å². The van der Waals surface area contributed by atoms with Crippen molar-refractivity contribution in [1.82, 2.24) is 5.32 Å². The predicted octanol–water partition coefficient (Wildman–Crippen LogP) is -0.229. The Morgan fingerprint density at radius 1 is 1.50 bits per heavy atom. The van der Waals surface area contributed by atoms with E-state index in [-0.39, 0.29) is 6.61 Å². The SMILES string of the molecule is CCC[C@H](NC(=O)C1COCCO1)C(=O)O. The zero-order chi connectivity index (χ0) is 12.0. The number of carboxylic acids is 1. The summed E-state index contributed by atoms with van der Waals surface area (Å²) >= 11 is 0. The third-order valence-corrected chi connectivity index (χ3v) is 2.30. The Morgan fingerprint density at radius 3 is 2.75 bits per heavy atom. The van der Waals surface area contributed by atoms with Gasteiger partial charge in [0.25, 0.3) is 5.91 Å². The molecule has 0 aromatic carbocycles. The monoisotopic (exact) mass is 231 g/mol. The third-order valence-electron chi connectivity index (χ3n) is 2.30. The van der Waals surface area contributed by atoms with Gasteiger partial charge in [-0.05, 0) is 6.42 Å². The summed E-state index contributed by atoms with van der Waals surface area (Å²) in [6.07, 6.45) is 0.418. The standard InChI is InChI=1S/C10H17NO5/c1-2-3-7(10(13)14)11-9(12)8-6-15-4-5-16-8/h7-8H,2-6H2,1H3,(H,11,12)(H,13,14)/t7-,8?/m0/s1. The first kappa shape index (κ1) is 12.9. The third kappa shape index (κ3) is 3.79. The van der Waals surface area contributed by atoms with Gasteiger partial charge < -0.3 is 19.9 Å². The molecular weight excluding hydrogens is 214 g/mol. The zero-order valence-corrected chi connectivity index (χ0v) is 9.27. The number of hydrogen-bond acceptors (Lipinski definition) is 4. The topological polar surface area (TPSA) is 84.9 Å². The van der Waals surface area contributed by atoms with Gasteiger partial charge in [-0.25, -0.2) is 4.79 Å².